The number of hydrogen-bond acceptors (Lipinski definition) is 10. The van der Waals surface area contributed by atoms with Crippen molar-refractivity contribution in [1.82, 2.24) is 19.7 Å². The summed E-state index contributed by atoms with van der Waals surface area (Å²) in [4.78, 5) is 2.05. The van der Waals surface area contributed by atoms with Crippen molar-refractivity contribution in [3.05, 3.63) is 48.3 Å². The average molecular weight is 494 g/mol. The summed E-state index contributed by atoms with van der Waals surface area (Å²) in [5, 5.41) is 48.3. The SMILES string of the molecule is CN(C)c1cccc2c(S(=O)(=O)NCc3cn(C[C@H]4OC(O)[C@H](O)[C@@H](O)[C@@H]4O)nn3)cccc12. The first kappa shape index (κ1) is 24.5. The molecule has 0 saturated carbocycles. The molecule has 184 valence electrons. The number of sulfonamides is 1. The van der Waals surface area contributed by atoms with Crippen molar-refractivity contribution >= 4 is 26.5 Å². The number of hydrogen-bond donors (Lipinski definition) is 5. The van der Waals surface area contributed by atoms with Gasteiger partial charge in [-0.2, -0.15) is 0 Å². The predicted octanol–water partition coefficient (Wildman–Crippen LogP) is -1.22. The molecule has 1 aromatic heterocycles. The number of fused-ring (bicyclic) bond motifs is 1. The van der Waals surface area contributed by atoms with Gasteiger partial charge >= 0.3 is 0 Å². The van der Waals surface area contributed by atoms with Crippen LogP contribution in [-0.2, 0) is 27.8 Å². The van der Waals surface area contributed by atoms with Crippen molar-refractivity contribution in [2.24, 2.45) is 0 Å². The lowest BCUT2D eigenvalue weighted by molar-refractivity contribution is -0.284. The highest BCUT2D eigenvalue weighted by Crippen LogP contribution is 2.30. The maximum absolute atomic E-state index is 13.1. The maximum Gasteiger partial charge on any atom is 0.241 e. The first-order chi connectivity index (χ1) is 16.1. The number of aliphatic hydroxyl groups is 4. The Labute approximate surface area is 196 Å². The second-order valence-electron chi connectivity index (χ2n) is 8.32. The van der Waals surface area contributed by atoms with Crippen LogP contribution in [0.5, 0.6) is 0 Å². The van der Waals surface area contributed by atoms with Crippen molar-refractivity contribution in [3.8, 4) is 0 Å². The average Bonchev–Trinajstić information content (AvgIpc) is 3.26. The highest BCUT2D eigenvalue weighted by atomic mass is 32.2. The van der Waals surface area contributed by atoms with Gasteiger partial charge in [0.15, 0.2) is 6.29 Å². The molecule has 34 heavy (non-hydrogen) atoms. The van der Waals surface area contributed by atoms with Gasteiger partial charge in [0.05, 0.1) is 23.7 Å². The summed E-state index contributed by atoms with van der Waals surface area (Å²) in [6.07, 6.45) is -5.93. The van der Waals surface area contributed by atoms with Crippen molar-refractivity contribution in [1.29, 1.82) is 0 Å². The fraction of sp³-hybridized carbons (Fsp3) is 0.429. The Morgan fingerprint density at radius 3 is 2.47 bits per heavy atom. The number of benzene rings is 2. The zero-order valence-electron chi connectivity index (χ0n) is 18.6. The van der Waals surface area contributed by atoms with E-state index in [1.807, 2.05) is 31.1 Å². The molecule has 1 unspecified atom stereocenters. The first-order valence-electron chi connectivity index (χ1n) is 10.5. The maximum atomic E-state index is 13.1. The minimum absolute atomic E-state index is 0.0849. The van der Waals surface area contributed by atoms with Gasteiger partial charge in [0.2, 0.25) is 10.0 Å². The van der Waals surface area contributed by atoms with Gasteiger partial charge in [0, 0.05) is 36.8 Å². The fourth-order valence-electron chi connectivity index (χ4n) is 3.91. The van der Waals surface area contributed by atoms with E-state index in [0.29, 0.717) is 11.1 Å². The van der Waals surface area contributed by atoms with Crippen LogP contribution in [0.4, 0.5) is 5.69 Å². The number of aromatic nitrogens is 3. The van der Waals surface area contributed by atoms with E-state index >= 15 is 0 Å². The van der Waals surface area contributed by atoms with Crippen LogP contribution in [0.25, 0.3) is 10.8 Å². The van der Waals surface area contributed by atoms with E-state index in [9.17, 15) is 28.8 Å². The first-order valence-corrected chi connectivity index (χ1v) is 12.0. The largest absolute Gasteiger partial charge is 0.388 e. The van der Waals surface area contributed by atoms with E-state index < -0.39 is 40.7 Å². The molecule has 5 atom stereocenters. The van der Waals surface area contributed by atoms with Crippen molar-refractivity contribution < 1.29 is 33.6 Å². The molecular weight excluding hydrogens is 466 g/mol. The van der Waals surface area contributed by atoms with Gasteiger partial charge in [0.25, 0.3) is 0 Å². The minimum atomic E-state index is -3.88. The second-order valence-corrected chi connectivity index (χ2v) is 10.1. The standard InChI is InChI=1S/C21H27N5O7S/c1-25(2)15-7-3-6-14-13(15)5-4-8-17(14)34(31,32)22-9-12-10-26(24-23-12)11-16-18(27)19(28)20(29)21(30)33-16/h3-8,10,16,18-22,27-30H,9,11H2,1-2H3/t16-,18-,19+,20-,21?/m1/s1. The Bertz CT molecular complexity index is 1270. The lowest BCUT2D eigenvalue weighted by Crippen LogP contribution is -2.58. The molecular formula is C21H27N5O7S. The molecule has 12 nitrogen and oxygen atoms in total. The summed E-state index contributed by atoms with van der Waals surface area (Å²) >= 11 is 0. The lowest BCUT2D eigenvalue weighted by Gasteiger charge is -2.38. The van der Waals surface area contributed by atoms with Crippen LogP contribution >= 0.6 is 0 Å². The number of aliphatic hydroxyl groups excluding tert-OH is 4. The van der Waals surface area contributed by atoms with E-state index in [-0.39, 0.29) is 18.0 Å². The van der Waals surface area contributed by atoms with Crippen LogP contribution < -0.4 is 9.62 Å². The number of nitrogens with one attached hydrogen (secondary N) is 1. The fourth-order valence-corrected chi connectivity index (χ4v) is 5.13. The molecule has 2 aromatic carbocycles. The molecule has 13 heteroatoms. The summed E-state index contributed by atoms with van der Waals surface area (Å²) in [7, 11) is -0.104. The minimum Gasteiger partial charge on any atom is -0.388 e. The van der Waals surface area contributed by atoms with Crippen LogP contribution in [-0.4, -0.2) is 88.6 Å². The van der Waals surface area contributed by atoms with Gasteiger partial charge in [-0.05, 0) is 12.1 Å². The van der Waals surface area contributed by atoms with E-state index in [0.717, 1.165) is 11.1 Å². The molecule has 0 spiro atoms. The molecule has 0 aliphatic carbocycles. The van der Waals surface area contributed by atoms with Crippen LogP contribution in [0.1, 0.15) is 5.69 Å². The van der Waals surface area contributed by atoms with Crippen molar-refractivity contribution in [3.63, 3.8) is 0 Å². The predicted molar refractivity (Wildman–Crippen MR) is 121 cm³/mol. The molecule has 1 aliphatic rings. The zero-order valence-corrected chi connectivity index (χ0v) is 19.4. The van der Waals surface area contributed by atoms with Crippen molar-refractivity contribution in [2.75, 3.05) is 19.0 Å². The van der Waals surface area contributed by atoms with Crippen molar-refractivity contribution in [2.45, 2.75) is 48.7 Å². The molecule has 4 rings (SSSR count). The summed E-state index contributed by atoms with van der Waals surface area (Å²) in [5.74, 6) is 0. The monoisotopic (exact) mass is 493 g/mol. The Kier molecular flexibility index (Phi) is 6.87. The summed E-state index contributed by atoms with van der Waals surface area (Å²) in [5.41, 5.74) is 1.21. The van der Waals surface area contributed by atoms with Gasteiger partial charge in [-0.1, -0.05) is 29.5 Å². The number of rotatable bonds is 7. The molecule has 1 fully saturated rings. The number of ether oxygens (including phenoxy) is 1. The second kappa shape index (κ2) is 9.54. The topological polar surface area (TPSA) is 170 Å². The summed E-state index contributed by atoms with van der Waals surface area (Å²) in [6, 6.07) is 10.6. The zero-order chi connectivity index (χ0) is 24.6. The van der Waals surface area contributed by atoms with E-state index in [1.54, 1.807) is 18.2 Å². The molecule has 5 N–H and O–H groups in total. The summed E-state index contributed by atoms with van der Waals surface area (Å²) < 4.78 is 35.1. The summed E-state index contributed by atoms with van der Waals surface area (Å²) in [6.45, 7) is -0.220. The Hall–Kier alpha value is -2.65. The van der Waals surface area contributed by atoms with Crippen LogP contribution in [0.15, 0.2) is 47.5 Å². The van der Waals surface area contributed by atoms with Gasteiger partial charge in [-0.25, -0.2) is 17.8 Å². The smallest absolute Gasteiger partial charge is 0.241 e. The molecule has 3 aromatic rings. The highest BCUT2D eigenvalue weighted by molar-refractivity contribution is 7.89. The quantitative estimate of drug-likeness (QED) is 0.269. The Morgan fingerprint density at radius 1 is 1.03 bits per heavy atom. The number of nitrogens with zero attached hydrogens (tertiary/aromatic N) is 4. The van der Waals surface area contributed by atoms with E-state index in [2.05, 4.69) is 15.0 Å². The van der Waals surface area contributed by atoms with Gasteiger partial charge in [0.1, 0.15) is 24.4 Å². The molecule has 1 aliphatic heterocycles. The van der Waals surface area contributed by atoms with Crippen LogP contribution in [0, 0.1) is 0 Å². The molecule has 2 heterocycles. The normalized spacial score (nSPS) is 25.5. The third-order valence-electron chi connectivity index (χ3n) is 5.71. The third-order valence-corrected chi connectivity index (χ3v) is 7.17. The molecule has 0 radical (unpaired) electrons. The van der Waals surface area contributed by atoms with E-state index in [4.69, 9.17) is 4.74 Å². The number of anilines is 1. The van der Waals surface area contributed by atoms with Gasteiger partial charge in [-0.3, -0.25) is 0 Å². The lowest BCUT2D eigenvalue weighted by atomic mass is 9.99. The third kappa shape index (κ3) is 4.77. The molecule has 0 bridgehead atoms. The molecule has 1 saturated heterocycles. The Morgan fingerprint density at radius 2 is 1.74 bits per heavy atom. The van der Waals surface area contributed by atoms with Gasteiger partial charge < -0.3 is 30.1 Å². The van der Waals surface area contributed by atoms with Crippen LogP contribution in [0.2, 0.25) is 0 Å². The molecule has 0 amide bonds. The Balaban J connectivity index is 1.47. The van der Waals surface area contributed by atoms with E-state index in [1.165, 1.54) is 16.9 Å². The van der Waals surface area contributed by atoms with Gasteiger partial charge in [-0.15, -0.1) is 5.10 Å². The van der Waals surface area contributed by atoms with Crippen LogP contribution in [0.3, 0.4) is 0 Å². The highest BCUT2D eigenvalue weighted by Gasteiger charge is 2.43.